The first-order valence-electron chi connectivity index (χ1n) is 3.91. The van der Waals surface area contributed by atoms with Gasteiger partial charge in [0.15, 0.2) is 6.10 Å². The van der Waals surface area contributed by atoms with Gasteiger partial charge in [-0.2, -0.15) is 0 Å². The second-order valence-electron chi connectivity index (χ2n) is 3.03. The number of aliphatic hydroxyl groups is 1. The zero-order valence-electron chi connectivity index (χ0n) is 6.66. The second-order valence-corrected chi connectivity index (χ2v) is 3.03. The highest BCUT2D eigenvalue weighted by molar-refractivity contribution is 4.94. The molecule has 2 heterocycles. The molecule has 7 heteroatoms. The van der Waals surface area contributed by atoms with Crippen LogP contribution in [0.25, 0.3) is 0 Å². The van der Waals surface area contributed by atoms with Crippen molar-refractivity contribution in [3.05, 3.63) is 10.1 Å². The topological polar surface area (TPSA) is 91.1 Å². The van der Waals surface area contributed by atoms with Crippen LogP contribution in [-0.4, -0.2) is 47.8 Å². The summed E-state index contributed by atoms with van der Waals surface area (Å²) in [4.78, 5) is 14.4. The SMILES string of the molecule is O=[N+]([O-])O[C@H]1CO[C@@H]2[C@H]1OC[C@H]2O. The Morgan fingerprint density at radius 1 is 1.38 bits per heavy atom. The molecule has 0 bridgehead atoms. The second kappa shape index (κ2) is 3.09. The minimum atomic E-state index is -0.871. The van der Waals surface area contributed by atoms with Crippen molar-refractivity contribution in [3.8, 4) is 0 Å². The standard InChI is InChI=1S/C6H9NO6/c8-3-1-11-6-4(13-7(9)10)2-12-5(3)6/h3-6,8H,1-2H2/t3-,4+,5+,6+/m1/s1. The third kappa shape index (κ3) is 1.45. The lowest BCUT2D eigenvalue weighted by Crippen LogP contribution is -2.33. The fraction of sp³-hybridized carbons (Fsp3) is 1.00. The monoisotopic (exact) mass is 191 g/mol. The minimum absolute atomic E-state index is 0.0906. The molecule has 2 fully saturated rings. The minimum Gasteiger partial charge on any atom is -0.388 e. The molecule has 4 atom stereocenters. The number of aliphatic hydroxyl groups excluding tert-OH is 1. The Balaban J connectivity index is 1.98. The van der Waals surface area contributed by atoms with Crippen molar-refractivity contribution in [3.63, 3.8) is 0 Å². The van der Waals surface area contributed by atoms with Gasteiger partial charge in [0.2, 0.25) is 0 Å². The molecule has 1 N–H and O–H groups in total. The van der Waals surface area contributed by atoms with E-state index in [1.807, 2.05) is 0 Å². The summed E-state index contributed by atoms with van der Waals surface area (Å²) in [7, 11) is 0. The Bertz CT molecular complexity index is 221. The van der Waals surface area contributed by atoms with Crippen LogP contribution in [0, 0.1) is 10.1 Å². The molecule has 0 saturated carbocycles. The molecule has 7 nitrogen and oxygen atoms in total. The summed E-state index contributed by atoms with van der Waals surface area (Å²) in [5.74, 6) is 0. The maximum absolute atomic E-state index is 10.0. The van der Waals surface area contributed by atoms with Crippen molar-refractivity contribution >= 4 is 0 Å². The Kier molecular flexibility index (Phi) is 2.06. The van der Waals surface area contributed by atoms with Crippen LogP contribution < -0.4 is 0 Å². The average molecular weight is 191 g/mol. The number of hydrogen-bond acceptors (Lipinski definition) is 6. The highest BCUT2D eigenvalue weighted by Crippen LogP contribution is 2.28. The summed E-state index contributed by atoms with van der Waals surface area (Å²) in [6.45, 7) is 0.236. The molecule has 0 aromatic rings. The Morgan fingerprint density at radius 2 is 2.08 bits per heavy atom. The number of ether oxygens (including phenoxy) is 2. The lowest BCUT2D eigenvalue weighted by molar-refractivity contribution is -0.769. The molecule has 2 aliphatic rings. The predicted molar refractivity (Wildman–Crippen MR) is 37.4 cm³/mol. The van der Waals surface area contributed by atoms with Crippen LogP contribution in [-0.2, 0) is 14.3 Å². The van der Waals surface area contributed by atoms with Gasteiger partial charge in [-0.1, -0.05) is 0 Å². The molecule has 0 aromatic heterocycles. The molecule has 0 spiro atoms. The smallest absolute Gasteiger partial charge is 0.294 e. The van der Waals surface area contributed by atoms with Crippen LogP contribution >= 0.6 is 0 Å². The first kappa shape index (κ1) is 8.67. The molecule has 0 unspecified atom stereocenters. The number of hydrogen-bond donors (Lipinski definition) is 1. The van der Waals surface area contributed by atoms with E-state index in [0.717, 1.165) is 0 Å². The molecule has 0 radical (unpaired) electrons. The van der Waals surface area contributed by atoms with Gasteiger partial charge in [-0.15, -0.1) is 10.1 Å². The number of nitrogens with zero attached hydrogens (tertiary/aromatic N) is 1. The first-order chi connectivity index (χ1) is 6.18. The first-order valence-corrected chi connectivity index (χ1v) is 3.91. The lowest BCUT2D eigenvalue weighted by Gasteiger charge is -2.12. The molecule has 0 aromatic carbocycles. The molecular weight excluding hydrogens is 182 g/mol. The summed E-state index contributed by atoms with van der Waals surface area (Å²) in [6.07, 6.45) is -2.41. The Morgan fingerprint density at radius 3 is 2.77 bits per heavy atom. The van der Waals surface area contributed by atoms with Crippen LogP contribution in [0.15, 0.2) is 0 Å². The average Bonchev–Trinajstić information content (AvgIpc) is 2.56. The highest BCUT2D eigenvalue weighted by atomic mass is 17.0. The molecule has 0 amide bonds. The quantitative estimate of drug-likeness (QED) is 0.432. The van der Waals surface area contributed by atoms with Gasteiger partial charge in [0.25, 0.3) is 5.09 Å². The molecule has 2 aliphatic heterocycles. The highest BCUT2D eigenvalue weighted by Gasteiger charge is 2.48. The van der Waals surface area contributed by atoms with Gasteiger partial charge < -0.3 is 19.4 Å². The van der Waals surface area contributed by atoms with Crippen LogP contribution in [0.4, 0.5) is 0 Å². The normalized spacial score (nSPS) is 43.2. The van der Waals surface area contributed by atoms with Crippen molar-refractivity contribution in [1.29, 1.82) is 0 Å². The van der Waals surface area contributed by atoms with Crippen LogP contribution in [0.5, 0.6) is 0 Å². The summed E-state index contributed by atoms with van der Waals surface area (Å²) in [5.41, 5.74) is 0. The van der Waals surface area contributed by atoms with E-state index in [-0.39, 0.29) is 13.2 Å². The summed E-state index contributed by atoms with van der Waals surface area (Å²) < 4.78 is 10.2. The van der Waals surface area contributed by atoms with Crippen molar-refractivity contribution in [2.75, 3.05) is 13.2 Å². The lowest BCUT2D eigenvalue weighted by atomic mass is 10.1. The van der Waals surface area contributed by atoms with Gasteiger partial charge >= 0.3 is 0 Å². The van der Waals surface area contributed by atoms with E-state index < -0.39 is 29.5 Å². The van der Waals surface area contributed by atoms with Gasteiger partial charge in [-0.25, -0.2) is 0 Å². The van der Waals surface area contributed by atoms with E-state index in [0.29, 0.717) is 0 Å². The molecule has 74 valence electrons. The summed E-state index contributed by atoms with van der Waals surface area (Å²) >= 11 is 0. The van der Waals surface area contributed by atoms with Gasteiger partial charge in [0.05, 0.1) is 13.2 Å². The largest absolute Gasteiger partial charge is 0.388 e. The van der Waals surface area contributed by atoms with Gasteiger partial charge in [0.1, 0.15) is 18.3 Å². The molecule has 2 rings (SSSR count). The van der Waals surface area contributed by atoms with E-state index in [1.165, 1.54) is 0 Å². The summed E-state index contributed by atoms with van der Waals surface area (Å²) in [5, 5.41) is 18.4. The van der Waals surface area contributed by atoms with Crippen molar-refractivity contribution in [2.24, 2.45) is 0 Å². The van der Waals surface area contributed by atoms with E-state index in [4.69, 9.17) is 9.47 Å². The van der Waals surface area contributed by atoms with E-state index in [1.54, 1.807) is 0 Å². The zero-order valence-corrected chi connectivity index (χ0v) is 6.66. The molecular formula is C6H9NO6. The molecule has 2 saturated heterocycles. The molecule has 13 heavy (non-hydrogen) atoms. The zero-order chi connectivity index (χ0) is 9.42. The van der Waals surface area contributed by atoms with E-state index >= 15 is 0 Å². The van der Waals surface area contributed by atoms with Crippen molar-refractivity contribution < 1.29 is 24.5 Å². The molecule has 0 aliphatic carbocycles. The van der Waals surface area contributed by atoms with Crippen molar-refractivity contribution in [1.82, 2.24) is 0 Å². The van der Waals surface area contributed by atoms with E-state index in [9.17, 15) is 15.2 Å². The van der Waals surface area contributed by atoms with Crippen LogP contribution in [0.2, 0.25) is 0 Å². The fourth-order valence-corrected chi connectivity index (χ4v) is 1.64. The maximum atomic E-state index is 10.0. The Labute approximate surface area is 73.3 Å². The number of fused-ring (bicyclic) bond motifs is 1. The number of rotatable bonds is 2. The third-order valence-corrected chi connectivity index (χ3v) is 2.20. The predicted octanol–water partition coefficient (Wildman–Crippen LogP) is -1.28. The third-order valence-electron chi connectivity index (χ3n) is 2.20. The van der Waals surface area contributed by atoms with Crippen LogP contribution in [0.3, 0.4) is 0 Å². The van der Waals surface area contributed by atoms with Crippen LogP contribution in [0.1, 0.15) is 0 Å². The van der Waals surface area contributed by atoms with E-state index in [2.05, 4.69) is 4.84 Å². The maximum Gasteiger partial charge on any atom is 0.294 e. The van der Waals surface area contributed by atoms with Gasteiger partial charge in [-0.3, -0.25) is 0 Å². The van der Waals surface area contributed by atoms with Gasteiger partial charge in [0, 0.05) is 0 Å². The fourth-order valence-electron chi connectivity index (χ4n) is 1.64. The Hall–Kier alpha value is -0.920. The van der Waals surface area contributed by atoms with Gasteiger partial charge in [-0.05, 0) is 0 Å². The summed E-state index contributed by atoms with van der Waals surface area (Å²) in [6, 6.07) is 0. The van der Waals surface area contributed by atoms with Crippen molar-refractivity contribution in [2.45, 2.75) is 24.4 Å².